The van der Waals surface area contributed by atoms with Crippen LogP contribution in [0.3, 0.4) is 0 Å². The normalized spacial score (nSPS) is 20.2. The maximum atomic E-state index is 11.5. The monoisotopic (exact) mass is 167 g/mol. The zero-order chi connectivity index (χ0) is 8.48. The first-order valence-electron chi connectivity index (χ1n) is 2.83. The van der Waals surface area contributed by atoms with Crippen molar-refractivity contribution in [3.63, 3.8) is 0 Å². The molecule has 0 spiro atoms. The molecule has 63 valence electrons. The molecule has 0 aromatic rings. The molecule has 0 bridgehead atoms. The van der Waals surface area contributed by atoms with E-state index in [1.807, 2.05) is 0 Å². The van der Waals surface area contributed by atoms with Crippen LogP contribution >= 0.6 is 0 Å². The maximum Gasteiger partial charge on any atom is 0.574 e. The average Bonchev–Trinajstić information content (AvgIpc) is 2.10. The minimum Gasteiger partial charge on any atom is -0.390 e. The highest BCUT2D eigenvalue weighted by molar-refractivity contribution is 5.85. The highest BCUT2D eigenvalue weighted by atomic mass is 19.4. The Morgan fingerprint density at radius 2 is 2.27 bits per heavy atom. The molecule has 1 heterocycles. The second-order valence-electron chi connectivity index (χ2n) is 2.07. The van der Waals surface area contributed by atoms with Crippen LogP contribution in [0.15, 0.2) is 4.99 Å². The zero-order valence-electron chi connectivity index (χ0n) is 5.72. The number of halogens is 3. The summed E-state index contributed by atoms with van der Waals surface area (Å²) >= 11 is 0. The van der Waals surface area contributed by atoms with Crippen molar-refractivity contribution in [3.05, 3.63) is 6.54 Å². The molecule has 1 aliphatic heterocycles. The Balaban J connectivity index is 2.40. The lowest BCUT2D eigenvalue weighted by Gasteiger charge is -2.08. The lowest BCUT2D eigenvalue weighted by Crippen LogP contribution is -2.20. The second kappa shape index (κ2) is 2.69. The smallest absolute Gasteiger partial charge is 0.390 e. The van der Waals surface area contributed by atoms with E-state index in [-0.39, 0.29) is 12.6 Å². The molecule has 6 heteroatoms. The molecule has 0 saturated carbocycles. The van der Waals surface area contributed by atoms with E-state index >= 15 is 0 Å². The Hall–Kier alpha value is -0.780. The number of nitrogens with zero attached hydrogens (tertiary/aromatic N) is 2. The highest BCUT2D eigenvalue weighted by Gasteiger charge is 2.34. The van der Waals surface area contributed by atoms with E-state index in [4.69, 9.17) is 0 Å². The predicted molar refractivity (Wildman–Crippen MR) is 31.5 cm³/mol. The lowest BCUT2D eigenvalue weighted by atomic mass is 10.6. The molecule has 3 nitrogen and oxygen atoms in total. The fourth-order valence-corrected chi connectivity index (χ4v) is 0.629. The quantitative estimate of drug-likeness (QED) is 0.537. The van der Waals surface area contributed by atoms with Crippen LogP contribution in [-0.2, 0) is 4.74 Å². The molecular weight excluding hydrogens is 161 g/mol. The van der Waals surface area contributed by atoms with Gasteiger partial charge in [0.25, 0.3) is 0 Å². The van der Waals surface area contributed by atoms with Gasteiger partial charge < -0.3 is 4.74 Å². The molecule has 0 aromatic carbocycles. The Morgan fingerprint density at radius 1 is 1.64 bits per heavy atom. The molecule has 0 atom stereocenters. The number of aliphatic imine (C=N–C) groups is 1. The number of likely N-dealkylation sites (N-methyl/N-ethyl adjacent to an activating group) is 1. The van der Waals surface area contributed by atoms with E-state index in [9.17, 15) is 13.2 Å². The van der Waals surface area contributed by atoms with Gasteiger partial charge in [0.15, 0.2) is 0 Å². The average molecular weight is 167 g/mol. The minimum absolute atomic E-state index is 0.214. The maximum absolute atomic E-state index is 11.5. The van der Waals surface area contributed by atoms with Crippen LogP contribution in [0.25, 0.3) is 0 Å². The number of hydrogen-bond acceptors (Lipinski definition) is 3. The number of hydrogen-bond donors (Lipinski definition) is 0. The molecule has 0 N–H and O–H groups in total. The summed E-state index contributed by atoms with van der Waals surface area (Å²) in [6.45, 7) is 1.40. The topological polar surface area (TPSA) is 24.8 Å². The molecule has 0 amide bonds. The second-order valence-corrected chi connectivity index (χ2v) is 2.07. The Morgan fingerprint density at radius 3 is 2.64 bits per heavy atom. The fourth-order valence-electron chi connectivity index (χ4n) is 0.629. The van der Waals surface area contributed by atoms with Crippen LogP contribution in [0.1, 0.15) is 0 Å². The highest BCUT2D eigenvalue weighted by Crippen LogP contribution is 2.19. The van der Waals surface area contributed by atoms with Gasteiger partial charge in [0.05, 0.1) is 6.67 Å². The standard InChI is InChI=1S/C5H6F3N2O/c1-10-2-4(9-3-10)11-5(6,7)8/h2H,3H2,1H3. The van der Waals surface area contributed by atoms with Crippen molar-refractivity contribution < 1.29 is 17.9 Å². The van der Waals surface area contributed by atoms with Gasteiger partial charge in [0.1, 0.15) is 6.54 Å². The van der Waals surface area contributed by atoms with Gasteiger partial charge in [0, 0.05) is 0 Å². The van der Waals surface area contributed by atoms with Gasteiger partial charge in [-0.05, 0) is 7.05 Å². The number of rotatable bonds is 0. The van der Waals surface area contributed by atoms with Crippen molar-refractivity contribution in [2.24, 2.45) is 4.99 Å². The summed E-state index contributed by atoms with van der Waals surface area (Å²) in [5, 5.41) is 0. The van der Waals surface area contributed by atoms with Gasteiger partial charge in [0.2, 0.25) is 5.90 Å². The van der Waals surface area contributed by atoms with Gasteiger partial charge in [-0.2, -0.15) is 0 Å². The first kappa shape index (κ1) is 8.32. The van der Waals surface area contributed by atoms with Gasteiger partial charge in [-0.25, -0.2) is 4.99 Å². The summed E-state index contributed by atoms with van der Waals surface area (Å²) in [6.07, 6.45) is -4.64. The fraction of sp³-hybridized carbons (Fsp3) is 0.600. The first-order valence-corrected chi connectivity index (χ1v) is 2.83. The lowest BCUT2D eigenvalue weighted by molar-refractivity contribution is -0.283. The Kier molecular flexibility index (Phi) is 2.03. The van der Waals surface area contributed by atoms with Crippen molar-refractivity contribution in [2.75, 3.05) is 13.7 Å². The van der Waals surface area contributed by atoms with E-state index in [1.165, 1.54) is 11.4 Å². The van der Waals surface area contributed by atoms with E-state index in [1.54, 1.807) is 7.05 Å². The summed E-state index contributed by atoms with van der Waals surface area (Å²) in [6, 6.07) is 0. The van der Waals surface area contributed by atoms with E-state index < -0.39 is 6.36 Å². The van der Waals surface area contributed by atoms with E-state index in [2.05, 4.69) is 9.73 Å². The molecule has 1 radical (unpaired) electrons. The summed E-state index contributed by atoms with van der Waals surface area (Å²) < 4.78 is 38.0. The SMILES string of the molecule is CN1[CH]C(OC(F)(F)F)=NC1. The third-order valence-electron chi connectivity index (χ3n) is 1.00. The zero-order valence-corrected chi connectivity index (χ0v) is 5.72. The van der Waals surface area contributed by atoms with E-state index in [0.717, 1.165) is 0 Å². The molecular formula is C5H6F3N2O. The summed E-state index contributed by atoms with van der Waals surface area (Å²) in [7, 11) is 1.61. The van der Waals surface area contributed by atoms with Crippen LogP contribution in [0.5, 0.6) is 0 Å². The third kappa shape index (κ3) is 2.75. The van der Waals surface area contributed by atoms with Crippen LogP contribution in [0.2, 0.25) is 0 Å². The largest absolute Gasteiger partial charge is 0.574 e. The van der Waals surface area contributed by atoms with Crippen molar-refractivity contribution in [1.29, 1.82) is 0 Å². The Labute approximate surface area is 61.5 Å². The summed E-state index contributed by atoms with van der Waals surface area (Å²) in [5.74, 6) is -0.389. The van der Waals surface area contributed by atoms with Gasteiger partial charge in [-0.3, -0.25) is 4.90 Å². The van der Waals surface area contributed by atoms with Crippen LogP contribution in [0, 0.1) is 6.54 Å². The molecule has 1 rings (SSSR count). The molecule has 0 aromatic heterocycles. The van der Waals surface area contributed by atoms with Crippen LogP contribution in [0.4, 0.5) is 13.2 Å². The van der Waals surface area contributed by atoms with Crippen molar-refractivity contribution >= 4 is 5.90 Å². The number of alkyl halides is 3. The van der Waals surface area contributed by atoms with Crippen LogP contribution in [-0.4, -0.2) is 30.9 Å². The van der Waals surface area contributed by atoms with E-state index in [0.29, 0.717) is 0 Å². The van der Waals surface area contributed by atoms with Crippen molar-refractivity contribution in [2.45, 2.75) is 6.36 Å². The van der Waals surface area contributed by atoms with Crippen molar-refractivity contribution in [3.8, 4) is 0 Å². The van der Waals surface area contributed by atoms with Gasteiger partial charge in [-0.1, -0.05) is 0 Å². The molecule has 1 aliphatic rings. The first-order chi connectivity index (χ1) is 4.97. The Bertz CT molecular complexity index is 177. The predicted octanol–water partition coefficient (Wildman–Crippen LogP) is 0.986. The molecule has 0 fully saturated rings. The summed E-state index contributed by atoms with van der Waals surface area (Å²) in [4.78, 5) is 4.93. The minimum atomic E-state index is -4.64. The third-order valence-corrected chi connectivity index (χ3v) is 1.00. The van der Waals surface area contributed by atoms with Crippen molar-refractivity contribution in [1.82, 2.24) is 4.90 Å². The van der Waals surface area contributed by atoms with Crippen LogP contribution < -0.4 is 0 Å². The van der Waals surface area contributed by atoms with Gasteiger partial charge >= 0.3 is 6.36 Å². The molecule has 0 unspecified atom stereocenters. The molecule has 11 heavy (non-hydrogen) atoms. The van der Waals surface area contributed by atoms with Gasteiger partial charge in [-0.15, -0.1) is 13.2 Å². The summed E-state index contributed by atoms with van der Waals surface area (Å²) in [5.41, 5.74) is 0. The molecule has 0 aliphatic carbocycles. The molecule has 0 saturated heterocycles. The number of ether oxygens (including phenoxy) is 1.